The number of aliphatic hydroxyl groups is 1. The normalized spacial score (nSPS) is 15.5. The van der Waals surface area contributed by atoms with E-state index in [1.54, 1.807) is 18.2 Å². The van der Waals surface area contributed by atoms with Crippen LogP contribution in [0.25, 0.3) is 0 Å². The number of alkyl halides is 9. The van der Waals surface area contributed by atoms with Crippen LogP contribution in [0.4, 0.5) is 0 Å². The van der Waals surface area contributed by atoms with Crippen molar-refractivity contribution in [3.05, 3.63) is 35.4 Å². The van der Waals surface area contributed by atoms with E-state index in [0.717, 1.165) is 6.42 Å². The van der Waals surface area contributed by atoms with Crippen molar-refractivity contribution >= 4 is 104 Å². The van der Waals surface area contributed by atoms with Crippen LogP contribution in [0.2, 0.25) is 0 Å². The Hall–Kier alpha value is 1.79. The molecule has 1 aromatic carbocycles. The fourth-order valence-corrected chi connectivity index (χ4v) is 4.35. The highest BCUT2D eigenvalue weighted by atomic mass is 35.6. The van der Waals surface area contributed by atoms with Gasteiger partial charge in [-0.15, -0.1) is 0 Å². The Morgan fingerprint density at radius 3 is 1.83 bits per heavy atom. The minimum atomic E-state index is -2.37. The van der Waals surface area contributed by atoms with E-state index >= 15 is 0 Å². The van der Waals surface area contributed by atoms with Gasteiger partial charge >= 0.3 is 0 Å². The third kappa shape index (κ3) is 4.43. The summed E-state index contributed by atoms with van der Waals surface area (Å²) in [4.78, 5) is 0. The van der Waals surface area contributed by atoms with Gasteiger partial charge in [-0.05, 0) is 17.5 Å². The molecule has 0 bridgehead atoms. The maximum absolute atomic E-state index is 10.3. The molecule has 0 saturated heterocycles. The number of hydrogen-bond acceptors (Lipinski definition) is 1. The Bertz CT molecular complexity index is 566. The molecule has 1 rings (SSSR count). The average Bonchev–Trinajstić information content (AvgIpc) is 2.45. The smallest absolute Gasteiger partial charge is 0.226 e. The number of hydrogen-bond donors (Lipinski definition) is 1. The van der Waals surface area contributed by atoms with Crippen molar-refractivity contribution in [3.8, 4) is 0 Å². The molecule has 1 N–H and O–H groups in total. The average molecular weight is 516 g/mol. The molecule has 0 saturated carbocycles. The van der Waals surface area contributed by atoms with Crippen LogP contribution < -0.4 is 0 Å². The van der Waals surface area contributed by atoms with Gasteiger partial charge in [-0.2, -0.15) is 0 Å². The van der Waals surface area contributed by atoms with E-state index in [-0.39, 0.29) is 5.56 Å². The monoisotopic (exact) mass is 512 g/mol. The van der Waals surface area contributed by atoms with E-state index in [1.165, 1.54) is 6.07 Å². The summed E-state index contributed by atoms with van der Waals surface area (Å²) in [5.74, 6) is 0. The highest BCUT2D eigenvalue weighted by molar-refractivity contribution is 6.80. The van der Waals surface area contributed by atoms with E-state index < -0.39 is 22.9 Å². The molecule has 1 nitrogen and oxygen atoms in total. The molecule has 24 heavy (non-hydrogen) atoms. The quantitative estimate of drug-likeness (QED) is 0.382. The van der Waals surface area contributed by atoms with E-state index in [9.17, 15) is 5.11 Å². The van der Waals surface area contributed by atoms with Gasteiger partial charge in [0.15, 0.2) is 8.67 Å². The van der Waals surface area contributed by atoms with Crippen molar-refractivity contribution in [2.45, 2.75) is 42.7 Å². The van der Waals surface area contributed by atoms with Crippen LogP contribution in [0.5, 0.6) is 0 Å². The first-order chi connectivity index (χ1) is 10.7. The Morgan fingerprint density at radius 2 is 1.38 bits per heavy atom. The lowest BCUT2D eigenvalue weighted by Crippen LogP contribution is -2.55. The van der Waals surface area contributed by atoms with Crippen LogP contribution in [-0.4, -0.2) is 17.6 Å². The van der Waals surface area contributed by atoms with Crippen LogP contribution in [-0.2, 0) is 4.33 Å². The van der Waals surface area contributed by atoms with Gasteiger partial charge in [0.2, 0.25) is 8.13 Å². The number of rotatable bonds is 6. The SMILES string of the molecule is CCCC(O)c1ccccc1C(Cl)(Cl)C(Cl)(Cl)C(Cl)(Cl)C(Cl)(Cl)Cl. The van der Waals surface area contributed by atoms with E-state index in [1.807, 2.05) is 6.92 Å². The maximum Gasteiger partial charge on any atom is 0.226 e. The summed E-state index contributed by atoms with van der Waals surface area (Å²) in [6, 6.07) is 6.52. The molecule has 0 aliphatic carbocycles. The molecular formula is C14H13Cl9O. The van der Waals surface area contributed by atoms with Crippen LogP contribution in [0, 0.1) is 0 Å². The molecule has 1 aromatic rings. The second-order valence-electron chi connectivity index (χ2n) is 5.11. The summed E-state index contributed by atoms with van der Waals surface area (Å²) in [5.41, 5.74) is 0.627. The molecule has 1 unspecified atom stereocenters. The lowest BCUT2D eigenvalue weighted by Gasteiger charge is -2.44. The van der Waals surface area contributed by atoms with Gasteiger partial charge in [0, 0.05) is 0 Å². The highest BCUT2D eigenvalue weighted by Gasteiger charge is 2.68. The lowest BCUT2D eigenvalue weighted by atomic mass is 9.94. The zero-order valence-electron chi connectivity index (χ0n) is 12.1. The van der Waals surface area contributed by atoms with Gasteiger partial charge in [0.1, 0.15) is 0 Å². The minimum Gasteiger partial charge on any atom is -0.388 e. The summed E-state index contributed by atoms with van der Waals surface area (Å²) in [6.07, 6.45) is 0.346. The standard InChI is InChI=1S/C14H13Cl9O/c1-2-5-10(24)8-6-3-4-7-9(8)11(15,16)12(17,18)13(19,20)14(21,22)23/h3-4,6-7,10,24H,2,5H2,1H3. The molecule has 1 atom stereocenters. The largest absolute Gasteiger partial charge is 0.388 e. The predicted octanol–water partition coefficient (Wildman–Crippen LogP) is 7.87. The molecule has 0 aliphatic rings. The number of benzene rings is 1. The van der Waals surface area contributed by atoms with Crippen molar-refractivity contribution in [2.75, 3.05) is 0 Å². The Balaban J connectivity index is 3.50. The van der Waals surface area contributed by atoms with Gasteiger partial charge in [-0.25, -0.2) is 0 Å². The summed E-state index contributed by atoms with van der Waals surface area (Å²) in [7, 11) is 0. The van der Waals surface area contributed by atoms with Crippen LogP contribution in [0.15, 0.2) is 24.3 Å². The van der Waals surface area contributed by atoms with E-state index in [4.69, 9.17) is 104 Å². The second-order valence-corrected chi connectivity index (χ2v) is 11.4. The van der Waals surface area contributed by atoms with Gasteiger partial charge in [-0.1, -0.05) is 142 Å². The minimum absolute atomic E-state index is 0.208. The first-order valence-corrected chi connectivity index (χ1v) is 10.1. The van der Waals surface area contributed by atoms with Crippen molar-refractivity contribution in [1.82, 2.24) is 0 Å². The first kappa shape index (κ1) is 23.8. The van der Waals surface area contributed by atoms with Gasteiger partial charge in [0.25, 0.3) is 0 Å². The van der Waals surface area contributed by atoms with Gasteiger partial charge < -0.3 is 5.11 Å². The third-order valence-corrected chi connectivity index (χ3v) is 8.81. The number of halogens is 9. The van der Waals surface area contributed by atoms with E-state index in [0.29, 0.717) is 12.0 Å². The van der Waals surface area contributed by atoms with Crippen LogP contribution in [0.1, 0.15) is 37.0 Å². The summed E-state index contributed by atoms with van der Waals surface area (Å²) >= 11 is 55.0. The summed E-state index contributed by atoms with van der Waals surface area (Å²) in [6.45, 7) is 1.92. The predicted molar refractivity (Wildman–Crippen MR) is 109 cm³/mol. The fraction of sp³-hybridized carbons (Fsp3) is 0.571. The molecule has 0 aromatic heterocycles. The molecule has 10 heteroatoms. The van der Waals surface area contributed by atoms with Crippen molar-refractivity contribution in [2.24, 2.45) is 0 Å². The second kappa shape index (κ2) is 8.43. The Morgan fingerprint density at radius 1 is 0.875 bits per heavy atom. The fourth-order valence-electron chi connectivity index (χ4n) is 2.05. The summed E-state index contributed by atoms with van der Waals surface area (Å²) in [5, 5.41) is 10.3. The first-order valence-electron chi connectivity index (χ1n) is 6.69. The molecule has 0 aliphatic heterocycles. The third-order valence-electron chi connectivity index (χ3n) is 3.36. The topological polar surface area (TPSA) is 20.2 Å². The molecule has 138 valence electrons. The maximum atomic E-state index is 10.3. The van der Waals surface area contributed by atoms with Gasteiger partial charge in [0.05, 0.1) is 6.10 Å². The van der Waals surface area contributed by atoms with Crippen molar-refractivity contribution < 1.29 is 5.11 Å². The molecular weight excluding hydrogens is 503 g/mol. The van der Waals surface area contributed by atoms with Crippen LogP contribution >= 0.6 is 104 Å². The number of aliphatic hydroxyl groups excluding tert-OH is 1. The molecule has 0 amide bonds. The lowest BCUT2D eigenvalue weighted by molar-refractivity contribution is 0.165. The molecule has 0 heterocycles. The van der Waals surface area contributed by atoms with Crippen LogP contribution in [0.3, 0.4) is 0 Å². The molecule has 0 radical (unpaired) electrons. The van der Waals surface area contributed by atoms with Crippen molar-refractivity contribution in [1.29, 1.82) is 0 Å². The zero-order valence-corrected chi connectivity index (χ0v) is 19.0. The zero-order chi connectivity index (χ0) is 19.0. The summed E-state index contributed by atoms with van der Waals surface area (Å²) < 4.78 is -9.12. The van der Waals surface area contributed by atoms with Crippen molar-refractivity contribution in [3.63, 3.8) is 0 Å². The highest BCUT2D eigenvalue weighted by Crippen LogP contribution is 2.65. The Kier molecular flexibility index (Phi) is 8.37. The molecule has 0 fully saturated rings. The van der Waals surface area contributed by atoms with Gasteiger partial charge in [-0.3, -0.25) is 0 Å². The molecule has 0 spiro atoms. The van der Waals surface area contributed by atoms with E-state index in [2.05, 4.69) is 0 Å². The Labute approximate surface area is 186 Å².